The standard InChI is InChI=1S/C14H18N2O2/c1-18-14(17)9-3-2-6-10-16-13-8-5-4-7-12(13)11-15/h4-5,7-8,16H,2-3,6,9-10H2,1H3. The molecule has 0 aliphatic rings. The molecule has 0 aliphatic heterocycles. The van der Waals surface area contributed by atoms with E-state index in [9.17, 15) is 4.79 Å². The monoisotopic (exact) mass is 246 g/mol. The van der Waals surface area contributed by atoms with Crippen LogP contribution in [0.1, 0.15) is 31.2 Å². The van der Waals surface area contributed by atoms with Crippen molar-refractivity contribution in [3.05, 3.63) is 29.8 Å². The summed E-state index contributed by atoms with van der Waals surface area (Å²) in [6.45, 7) is 0.805. The Morgan fingerprint density at radius 1 is 1.33 bits per heavy atom. The molecule has 0 spiro atoms. The number of hydrogen-bond acceptors (Lipinski definition) is 4. The molecule has 96 valence electrons. The lowest BCUT2D eigenvalue weighted by Gasteiger charge is -2.07. The highest BCUT2D eigenvalue weighted by Gasteiger charge is 2.00. The van der Waals surface area contributed by atoms with E-state index in [1.54, 1.807) is 6.07 Å². The van der Waals surface area contributed by atoms with Crippen molar-refractivity contribution in [1.82, 2.24) is 0 Å². The van der Waals surface area contributed by atoms with E-state index in [-0.39, 0.29) is 5.97 Å². The van der Waals surface area contributed by atoms with Gasteiger partial charge >= 0.3 is 5.97 Å². The van der Waals surface area contributed by atoms with Crippen LogP contribution in [0.3, 0.4) is 0 Å². The first-order valence-corrected chi connectivity index (χ1v) is 6.07. The minimum atomic E-state index is -0.155. The molecule has 0 amide bonds. The van der Waals surface area contributed by atoms with Gasteiger partial charge in [0.1, 0.15) is 6.07 Å². The molecule has 0 unspecified atom stereocenters. The van der Waals surface area contributed by atoms with Gasteiger partial charge in [-0.3, -0.25) is 4.79 Å². The third-order valence-electron chi connectivity index (χ3n) is 2.65. The average molecular weight is 246 g/mol. The zero-order valence-corrected chi connectivity index (χ0v) is 10.6. The fourth-order valence-electron chi connectivity index (χ4n) is 1.63. The van der Waals surface area contributed by atoms with Gasteiger partial charge in [0.15, 0.2) is 0 Å². The highest BCUT2D eigenvalue weighted by Crippen LogP contribution is 2.13. The minimum Gasteiger partial charge on any atom is -0.469 e. The summed E-state index contributed by atoms with van der Waals surface area (Å²) in [5.41, 5.74) is 1.53. The van der Waals surface area contributed by atoms with E-state index in [0.29, 0.717) is 12.0 Å². The van der Waals surface area contributed by atoms with Gasteiger partial charge in [0.05, 0.1) is 18.4 Å². The summed E-state index contributed by atoms with van der Waals surface area (Å²) in [6.07, 6.45) is 3.26. The Bertz CT molecular complexity index is 424. The maximum Gasteiger partial charge on any atom is 0.305 e. The zero-order chi connectivity index (χ0) is 13.2. The second-order valence-electron chi connectivity index (χ2n) is 3.97. The summed E-state index contributed by atoms with van der Waals surface area (Å²) in [6, 6.07) is 9.58. The van der Waals surface area contributed by atoms with Crippen LogP contribution in [-0.2, 0) is 9.53 Å². The molecule has 1 aromatic rings. The number of nitrogens with zero attached hydrogens (tertiary/aromatic N) is 1. The van der Waals surface area contributed by atoms with Crippen LogP contribution in [0.4, 0.5) is 5.69 Å². The average Bonchev–Trinajstić information content (AvgIpc) is 2.42. The van der Waals surface area contributed by atoms with Crippen LogP contribution in [0.5, 0.6) is 0 Å². The van der Waals surface area contributed by atoms with Gasteiger partial charge < -0.3 is 10.1 Å². The number of esters is 1. The highest BCUT2D eigenvalue weighted by atomic mass is 16.5. The van der Waals surface area contributed by atoms with Crippen LogP contribution >= 0.6 is 0 Å². The summed E-state index contributed by atoms with van der Waals surface area (Å²) >= 11 is 0. The number of carbonyl (C=O) groups is 1. The van der Waals surface area contributed by atoms with Gasteiger partial charge in [0.2, 0.25) is 0 Å². The number of anilines is 1. The SMILES string of the molecule is COC(=O)CCCCCNc1ccccc1C#N. The van der Waals surface area contributed by atoms with Crippen LogP contribution in [-0.4, -0.2) is 19.6 Å². The number of nitrogens with one attached hydrogen (secondary N) is 1. The molecule has 0 radical (unpaired) electrons. The molecule has 1 N–H and O–H groups in total. The fraction of sp³-hybridized carbons (Fsp3) is 0.429. The number of para-hydroxylation sites is 1. The second-order valence-corrected chi connectivity index (χ2v) is 3.97. The summed E-state index contributed by atoms with van der Waals surface area (Å²) < 4.78 is 4.57. The first-order chi connectivity index (χ1) is 8.77. The predicted molar refractivity (Wildman–Crippen MR) is 70.1 cm³/mol. The van der Waals surface area contributed by atoms with Crippen LogP contribution in [0.15, 0.2) is 24.3 Å². The fourth-order valence-corrected chi connectivity index (χ4v) is 1.63. The van der Waals surface area contributed by atoms with Gasteiger partial charge in [0.25, 0.3) is 0 Å². The number of hydrogen-bond donors (Lipinski definition) is 1. The van der Waals surface area contributed by atoms with E-state index >= 15 is 0 Å². The molecule has 0 aromatic heterocycles. The van der Waals surface area contributed by atoms with Gasteiger partial charge in [-0.1, -0.05) is 18.6 Å². The molecule has 4 nitrogen and oxygen atoms in total. The Balaban J connectivity index is 2.18. The van der Waals surface area contributed by atoms with Crippen molar-refractivity contribution in [3.63, 3.8) is 0 Å². The number of unbranched alkanes of at least 4 members (excludes halogenated alkanes) is 2. The topological polar surface area (TPSA) is 62.1 Å². The molecule has 0 saturated carbocycles. The summed E-state index contributed by atoms with van der Waals surface area (Å²) in [5.74, 6) is -0.155. The Morgan fingerprint density at radius 2 is 2.11 bits per heavy atom. The molecule has 0 heterocycles. The number of benzene rings is 1. The van der Waals surface area contributed by atoms with Crippen molar-refractivity contribution < 1.29 is 9.53 Å². The predicted octanol–water partition coefficient (Wildman–Crippen LogP) is 2.70. The number of nitriles is 1. The summed E-state index contributed by atoms with van der Waals surface area (Å²) in [5, 5.41) is 12.1. The third kappa shape index (κ3) is 4.88. The molecule has 18 heavy (non-hydrogen) atoms. The maximum atomic E-state index is 10.9. The molecule has 4 heteroatoms. The first-order valence-electron chi connectivity index (χ1n) is 6.07. The first kappa shape index (κ1) is 14.0. The molecule has 0 saturated heterocycles. The van der Waals surface area contributed by atoms with Gasteiger partial charge in [-0.15, -0.1) is 0 Å². The van der Waals surface area contributed by atoms with E-state index < -0.39 is 0 Å². The maximum absolute atomic E-state index is 10.9. The van der Waals surface area contributed by atoms with Crippen LogP contribution < -0.4 is 5.32 Å². The van der Waals surface area contributed by atoms with Crippen molar-refractivity contribution in [3.8, 4) is 6.07 Å². The van der Waals surface area contributed by atoms with Gasteiger partial charge in [-0.05, 0) is 25.0 Å². The molecule has 0 atom stereocenters. The van der Waals surface area contributed by atoms with Gasteiger partial charge in [0, 0.05) is 13.0 Å². The van der Waals surface area contributed by atoms with Crippen molar-refractivity contribution >= 4 is 11.7 Å². The van der Waals surface area contributed by atoms with Crippen molar-refractivity contribution in [2.75, 3.05) is 19.0 Å². The minimum absolute atomic E-state index is 0.155. The van der Waals surface area contributed by atoms with Crippen molar-refractivity contribution in [1.29, 1.82) is 5.26 Å². The Hall–Kier alpha value is -2.02. The zero-order valence-electron chi connectivity index (χ0n) is 10.6. The van der Waals surface area contributed by atoms with E-state index in [4.69, 9.17) is 5.26 Å². The molecular formula is C14H18N2O2. The normalized spacial score (nSPS) is 9.56. The smallest absolute Gasteiger partial charge is 0.305 e. The number of methoxy groups -OCH3 is 1. The van der Waals surface area contributed by atoms with Crippen LogP contribution in [0.2, 0.25) is 0 Å². The Morgan fingerprint density at radius 3 is 2.83 bits per heavy atom. The summed E-state index contributed by atoms with van der Waals surface area (Å²) in [4.78, 5) is 10.9. The van der Waals surface area contributed by atoms with E-state index in [1.807, 2.05) is 18.2 Å². The lowest BCUT2D eigenvalue weighted by molar-refractivity contribution is -0.140. The largest absolute Gasteiger partial charge is 0.469 e. The number of ether oxygens (including phenoxy) is 1. The third-order valence-corrected chi connectivity index (χ3v) is 2.65. The van der Waals surface area contributed by atoms with Crippen molar-refractivity contribution in [2.24, 2.45) is 0 Å². The molecule has 0 fully saturated rings. The van der Waals surface area contributed by atoms with Crippen molar-refractivity contribution in [2.45, 2.75) is 25.7 Å². The Labute approximate surface area is 108 Å². The van der Waals surface area contributed by atoms with E-state index in [1.165, 1.54) is 7.11 Å². The summed E-state index contributed by atoms with van der Waals surface area (Å²) in [7, 11) is 1.41. The van der Waals surface area contributed by atoms with Crippen LogP contribution in [0.25, 0.3) is 0 Å². The van der Waals surface area contributed by atoms with E-state index in [2.05, 4.69) is 16.1 Å². The molecular weight excluding hydrogens is 228 g/mol. The Kier molecular flexibility index (Phi) is 6.34. The van der Waals surface area contributed by atoms with Gasteiger partial charge in [-0.25, -0.2) is 0 Å². The lowest BCUT2D eigenvalue weighted by atomic mass is 10.1. The second kappa shape index (κ2) is 8.13. The molecule has 1 rings (SSSR count). The molecule has 0 bridgehead atoms. The number of rotatable bonds is 7. The molecule has 0 aliphatic carbocycles. The van der Waals surface area contributed by atoms with E-state index in [0.717, 1.165) is 31.5 Å². The molecule has 1 aromatic carbocycles. The number of carbonyl (C=O) groups excluding carboxylic acids is 1. The van der Waals surface area contributed by atoms with Gasteiger partial charge in [-0.2, -0.15) is 5.26 Å². The highest BCUT2D eigenvalue weighted by molar-refractivity contribution is 5.68. The lowest BCUT2D eigenvalue weighted by Crippen LogP contribution is -2.04. The quantitative estimate of drug-likeness (QED) is 0.593. The van der Waals surface area contributed by atoms with Crippen LogP contribution in [0, 0.1) is 11.3 Å².